The zero-order chi connectivity index (χ0) is 19.1. The van der Waals surface area contributed by atoms with Crippen molar-refractivity contribution in [3.8, 4) is 5.69 Å². The largest absolute Gasteiger partial charge is 0.378 e. The average Bonchev–Trinajstić information content (AvgIpc) is 3.13. The quantitative estimate of drug-likeness (QED) is 0.795. The highest BCUT2D eigenvalue weighted by molar-refractivity contribution is 7.89. The number of benzene rings is 1. The number of sulfonamides is 1. The van der Waals surface area contributed by atoms with Crippen LogP contribution in [0.1, 0.15) is 19.8 Å². The number of halogens is 1. The normalized spacial score (nSPS) is 27.1. The van der Waals surface area contributed by atoms with Crippen LogP contribution in [0.25, 0.3) is 5.69 Å². The smallest absolute Gasteiger partial charge is 0.246 e. The Morgan fingerprint density at radius 1 is 1.33 bits per heavy atom. The number of morpholine rings is 1. The molecule has 2 aliphatic heterocycles. The Labute approximate surface area is 157 Å². The third-order valence-electron chi connectivity index (χ3n) is 4.96. The van der Waals surface area contributed by atoms with Gasteiger partial charge < -0.3 is 9.47 Å². The highest BCUT2D eigenvalue weighted by Crippen LogP contribution is 2.32. The van der Waals surface area contributed by atoms with Gasteiger partial charge in [0.2, 0.25) is 10.0 Å². The highest BCUT2D eigenvalue weighted by Gasteiger charge is 2.45. The lowest BCUT2D eigenvalue weighted by atomic mass is 9.94. The van der Waals surface area contributed by atoms with E-state index in [2.05, 4.69) is 5.10 Å². The van der Waals surface area contributed by atoms with Crippen LogP contribution in [0.5, 0.6) is 0 Å². The molecular weight excluding hydrogens is 373 g/mol. The van der Waals surface area contributed by atoms with Crippen molar-refractivity contribution < 1.29 is 22.3 Å². The number of hydrogen-bond donors (Lipinski definition) is 0. The number of hydrogen-bond acceptors (Lipinski definition) is 5. The third-order valence-corrected chi connectivity index (χ3v) is 6.72. The van der Waals surface area contributed by atoms with E-state index in [4.69, 9.17) is 9.47 Å². The first-order valence-corrected chi connectivity index (χ1v) is 10.4. The number of aromatic nitrogens is 2. The van der Waals surface area contributed by atoms with Crippen LogP contribution in [-0.4, -0.2) is 60.5 Å². The van der Waals surface area contributed by atoms with Gasteiger partial charge in [-0.1, -0.05) is 12.1 Å². The van der Waals surface area contributed by atoms with Crippen LogP contribution in [0, 0.1) is 5.82 Å². The van der Waals surface area contributed by atoms with Gasteiger partial charge in [-0.3, -0.25) is 0 Å². The Morgan fingerprint density at radius 2 is 2.15 bits per heavy atom. The molecule has 4 rings (SSSR count). The van der Waals surface area contributed by atoms with Crippen molar-refractivity contribution >= 4 is 10.0 Å². The second-order valence-electron chi connectivity index (χ2n) is 7.14. The fraction of sp³-hybridized carbons (Fsp3) is 0.500. The van der Waals surface area contributed by atoms with Gasteiger partial charge in [0.25, 0.3) is 0 Å². The van der Waals surface area contributed by atoms with Crippen LogP contribution in [0.4, 0.5) is 4.39 Å². The van der Waals surface area contributed by atoms with E-state index >= 15 is 0 Å². The van der Waals surface area contributed by atoms with Crippen LogP contribution >= 0.6 is 0 Å². The SMILES string of the molecule is CC1CN(S(=O)(=O)c2cnn(-c3ccccc3F)c2)CC2(CCCOC2)O1. The van der Waals surface area contributed by atoms with Crippen LogP contribution in [0.15, 0.2) is 41.6 Å². The molecule has 2 atom stereocenters. The molecule has 2 unspecified atom stereocenters. The summed E-state index contributed by atoms with van der Waals surface area (Å²) >= 11 is 0. The van der Waals surface area contributed by atoms with Crippen molar-refractivity contribution in [1.82, 2.24) is 14.1 Å². The van der Waals surface area contributed by atoms with Crippen molar-refractivity contribution in [2.45, 2.75) is 36.4 Å². The predicted molar refractivity (Wildman–Crippen MR) is 95.6 cm³/mol. The Hall–Kier alpha value is -1.81. The number of para-hydroxylation sites is 1. The molecule has 3 heterocycles. The minimum atomic E-state index is -3.78. The summed E-state index contributed by atoms with van der Waals surface area (Å²) in [5.41, 5.74) is -0.406. The van der Waals surface area contributed by atoms with Crippen molar-refractivity contribution in [3.05, 3.63) is 42.5 Å². The predicted octanol–water partition coefficient (Wildman–Crippen LogP) is 1.97. The maximum Gasteiger partial charge on any atom is 0.246 e. The van der Waals surface area contributed by atoms with E-state index in [9.17, 15) is 12.8 Å². The molecule has 0 bridgehead atoms. The summed E-state index contributed by atoms with van der Waals surface area (Å²) in [6, 6.07) is 6.09. The summed E-state index contributed by atoms with van der Waals surface area (Å²) in [5, 5.41) is 4.05. The van der Waals surface area contributed by atoms with Crippen molar-refractivity contribution in [2.75, 3.05) is 26.3 Å². The average molecular weight is 395 g/mol. The standard InChI is InChI=1S/C18H22FN3O4S/c1-14-10-21(12-18(26-14)7-4-8-25-13-18)27(23,24)15-9-20-22(11-15)17-6-3-2-5-16(17)19/h2-3,5-6,9,11,14H,4,7-8,10,12-13H2,1H3. The fourth-order valence-electron chi connectivity index (χ4n) is 3.76. The van der Waals surface area contributed by atoms with Gasteiger partial charge in [-0.25, -0.2) is 17.5 Å². The lowest BCUT2D eigenvalue weighted by Crippen LogP contribution is -2.59. The zero-order valence-electron chi connectivity index (χ0n) is 15.0. The second-order valence-corrected chi connectivity index (χ2v) is 9.08. The van der Waals surface area contributed by atoms with Gasteiger partial charge in [0.1, 0.15) is 22.0 Å². The molecule has 1 aromatic carbocycles. The molecule has 0 N–H and O–H groups in total. The molecule has 1 aromatic heterocycles. The van der Waals surface area contributed by atoms with E-state index < -0.39 is 21.4 Å². The number of ether oxygens (including phenoxy) is 2. The number of nitrogens with zero attached hydrogens (tertiary/aromatic N) is 3. The Bertz CT molecular complexity index is 924. The molecular formula is C18H22FN3O4S. The van der Waals surface area contributed by atoms with Crippen LogP contribution in [0.3, 0.4) is 0 Å². The van der Waals surface area contributed by atoms with E-state index in [0.29, 0.717) is 13.2 Å². The van der Waals surface area contributed by atoms with Gasteiger partial charge in [0.05, 0.1) is 25.1 Å². The van der Waals surface area contributed by atoms with Gasteiger partial charge in [0, 0.05) is 19.7 Å². The maximum absolute atomic E-state index is 14.0. The molecule has 2 saturated heterocycles. The molecule has 27 heavy (non-hydrogen) atoms. The minimum Gasteiger partial charge on any atom is -0.378 e. The van der Waals surface area contributed by atoms with Crippen LogP contribution < -0.4 is 0 Å². The molecule has 9 heteroatoms. The van der Waals surface area contributed by atoms with Crippen LogP contribution in [0.2, 0.25) is 0 Å². The molecule has 7 nitrogen and oxygen atoms in total. The Kier molecular flexibility index (Phi) is 4.79. The molecule has 1 spiro atoms. The molecule has 0 amide bonds. The fourth-order valence-corrected chi connectivity index (χ4v) is 5.28. The van der Waals surface area contributed by atoms with Crippen molar-refractivity contribution in [3.63, 3.8) is 0 Å². The summed E-state index contributed by atoms with van der Waals surface area (Å²) in [5.74, 6) is -0.470. The summed E-state index contributed by atoms with van der Waals surface area (Å²) in [6.07, 6.45) is 3.96. The van der Waals surface area contributed by atoms with E-state index in [1.807, 2.05) is 6.92 Å². The van der Waals surface area contributed by atoms with Gasteiger partial charge in [-0.15, -0.1) is 0 Å². The summed E-state index contributed by atoms with van der Waals surface area (Å²) in [4.78, 5) is 0.0340. The lowest BCUT2D eigenvalue weighted by molar-refractivity contribution is -0.183. The lowest BCUT2D eigenvalue weighted by Gasteiger charge is -2.46. The van der Waals surface area contributed by atoms with E-state index in [-0.39, 0.29) is 29.8 Å². The second kappa shape index (κ2) is 6.97. The Balaban J connectivity index is 1.62. The van der Waals surface area contributed by atoms with Crippen molar-refractivity contribution in [1.29, 1.82) is 0 Å². The number of rotatable bonds is 3. The summed E-state index contributed by atoms with van der Waals surface area (Å²) in [6.45, 7) is 3.42. The molecule has 2 aliphatic rings. The Morgan fingerprint density at radius 3 is 2.89 bits per heavy atom. The first-order valence-electron chi connectivity index (χ1n) is 8.95. The molecule has 0 aliphatic carbocycles. The van der Waals surface area contributed by atoms with Gasteiger partial charge in [-0.05, 0) is 31.9 Å². The monoisotopic (exact) mass is 395 g/mol. The van der Waals surface area contributed by atoms with E-state index in [1.165, 1.54) is 27.4 Å². The molecule has 2 aromatic rings. The van der Waals surface area contributed by atoms with Crippen LogP contribution in [-0.2, 0) is 19.5 Å². The van der Waals surface area contributed by atoms with Gasteiger partial charge in [0.15, 0.2) is 0 Å². The van der Waals surface area contributed by atoms with Gasteiger partial charge >= 0.3 is 0 Å². The molecule has 0 saturated carbocycles. The third kappa shape index (κ3) is 3.52. The molecule has 0 radical (unpaired) electrons. The van der Waals surface area contributed by atoms with E-state index in [1.54, 1.807) is 18.2 Å². The minimum absolute atomic E-state index is 0.0340. The van der Waals surface area contributed by atoms with E-state index in [0.717, 1.165) is 12.8 Å². The van der Waals surface area contributed by atoms with Gasteiger partial charge in [-0.2, -0.15) is 9.40 Å². The van der Waals surface area contributed by atoms with Crippen molar-refractivity contribution in [2.24, 2.45) is 0 Å². The topological polar surface area (TPSA) is 73.7 Å². The summed E-state index contributed by atoms with van der Waals surface area (Å²) < 4.78 is 54.6. The first kappa shape index (κ1) is 18.5. The summed E-state index contributed by atoms with van der Waals surface area (Å²) in [7, 11) is -3.78. The maximum atomic E-state index is 14.0. The molecule has 146 valence electrons. The molecule has 2 fully saturated rings. The zero-order valence-corrected chi connectivity index (χ0v) is 15.9. The highest BCUT2D eigenvalue weighted by atomic mass is 32.2. The first-order chi connectivity index (χ1) is 12.9.